The van der Waals surface area contributed by atoms with E-state index in [1.54, 1.807) is 0 Å². The van der Waals surface area contributed by atoms with Gasteiger partial charge in [0.05, 0.1) is 0 Å². The molecule has 0 saturated carbocycles. The molecular weight excluding hydrogens is 520 g/mol. The van der Waals surface area contributed by atoms with Gasteiger partial charge in [-0.3, -0.25) is 0 Å². The Morgan fingerprint density at radius 2 is 0.860 bits per heavy atom. The van der Waals surface area contributed by atoms with Crippen molar-refractivity contribution in [3.63, 3.8) is 0 Å². The monoisotopic (exact) mass is 566 g/mol. The van der Waals surface area contributed by atoms with E-state index in [-0.39, 0.29) is 0 Å². The zero-order valence-corrected chi connectivity index (χ0v) is 25.9. The van der Waals surface area contributed by atoms with Gasteiger partial charge in [-0.25, -0.2) is 0 Å². The highest BCUT2D eigenvalue weighted by molar-refractivity contribution is 5.44. The summed E-state index contributed by atoms with van der Waals surface area (Å²) in [6.07, 6.45) is 10.1. The molecule has 0 aliphatic carbocycles. The predicted octanol–water partition coefficient (Wildman–Crippen LogP) is 9.65. The topological polar surface area (TPSA) is 52.0 Å². The SMILES string of the molecule is CCCCCCc1cc(Cc2ccc(N)cc2)ccc1Cc1ccc(Cc2ccc(Cc3ccc(N)cc3)cc2)c(C)c1. The minimum absolute atomic E-state index is 0.812. The molecule has 0 aromatic heterocycles. The van der Waals surface area contributed by atoms with Gasteiger partial charge in [-0.05, 0) is 125 Å². The van der Waals surface area contributed by atoms with E-state index in [4.69, 9.17) is 11.5 Å². The first-order valence-electron chi connectivity index (χ1n) is 15.9. The van der Waals surface area contributed by atoms with Crippen LogP contribution in [0.15, 0.2) is 109 Å². The minimum atomic E-state index is 0.812. The lowest BCUT2D eigenvalue weighted by atomic mass is 9.91. The molecule has 0 aliphatic heterocycles. The molecule has 0 heterocycles. The molecule has 4 N–H and O–H groups in total. The van der Waals surface area contributed by atoms with Crippen LogP contribution in [0.1, 0.15) is 88.2 Å². The van der Waals surface area contributed by atoms with Crippen LogP contribution in [0.2, 0.25) is 0 Å². The average Bonchev–Trinajstić information content (AvgIpc) is 3.01. The van der Waals surface area contributed by atoms with E-state index in [2.05, 4.69) is 98.8 Å². The summed E-state index contributed by atoms with van der Waals surface area (Å²) in [7, 11) is 0. The Balaban J connectivity index is 1.26. The first-order chi connectivity index (χ1) is 20.9. The standard InChI is InChI=1S/C41H46N2/c1-3-4-5-6-7-38-29-36(26-33-16-22-41(43)23-17-33)13-19-39(38)28-35-12-18-37(30(2)24-35)27-34-10-8-31(9-11-34)25-32-14-20-40(42)21-15-32/h8-24,29H,3-7,25-28,42-43H2,1-2H3. The molecule has 5 aromatic rings. The summed E-state index contributed by atoms with van der Waals surface area (Å²) in [5, 5.41) is 0. The van der Waals surface area contributed by atoms with Crippen LogP contribution in [0.4, 0.5) is 11.4 Å². The summed E-state index contributed by atoms with van der Waals surface area (Å²) in [5.74, 6) is 0. The second-order valence-corrected chi connectivity index (χ2v) is 12.2. The van der Waals surface area contributed by atoms with Crippen molar-refractivity contribution in [3.8, 4) is 0 Å². The van der Waals surface area contributed by atoms with Gasteiger partial charge in [-0.1, -0.05) is 111 Å². The predicted molar refractivity (Wildman–Crippen MR) is 185 cm³/mol. The Hall–Kier alpha value is -4.30. The number of unbranched alkanes of at least 4 members (excludes halogenated alkanes) is 3. The molecule has 0 fully saturated rings. The van der Waals surface area contributed by atoms with Crippen molar-refractivity contribution >= 4 is 11.4 Å². The number of nitrogens with two attached hydrogens (primary N) is 2. The number of rotatable bonds is 13. The fourth-order valence-electron chi connectivity index (χ4n) is 5.96. The zero-order chi connectivity index (χ0) is 30.0. The van der Waals surface area contributed by atoms with Crippen LogP contribution in [0.25, 0.3) is 0 Å². The molecule has 0 saturated heterocycles. The number of nitrogen functional groups attached to an aromatic ring is 2. The summed E-state index contributed by atoms with van der Waals surface area (Å²) in [5.41, 5.74) is 27.1. The average molecular weight is 567 g/mol. The van der Waals surface area contributed by atoms with Crippen LogP contribution in [0, 0.1) is 6.92 Å². The fourth-order valence-corrected chi connectivity index (χ4v) is 5.96. The number of benzene rings is 5. The summed E-state index contributed by atoms with van der Waals surface area (Å²) >= 11 is 0. The summed E-state index contributed by atoms with van der Waals surface area (Å²) in [6, 6.07) is 39.7. The normalized spacial score (nSPS) is 11.1. The highest BCUT2D eigenvalue weighted by atomic mass is 14.5. The Bertz CT molecular complexity index is 1600. The molecule has 2 heteroatoms. The van der Waals surface area contributed by atoms with Crippen molar-refractivity contribution in [2.75, 3.05) is 11.5 Å². The van der Waals surface area contributed by atoms with Crippen LogP contribution >= 0.6 is 0 Å². The lowest BCUT2D eigenvalue weighted by Gasteiger charge is -2.14. The van der Waals surface area contributed by atoms with E-state index in [0.717, 1.165) is 43.5 Å². The molecule has 220 valence electrons. The lowest BCUT2D eigenvalue weighted by molar-refractivity contribution is 0.665. The molecule has 0 unspecified atom stereocenters. The van der Waals surface area contributed by atoms with Crippen LogP contribution in [0.5, 0.6) is 0 Å². The van der Waals surface area contributed by atoms with Crippen molar-refractivity contribution in [2.24, 2.45) is 0 Å². The smallest absolute Gasteiger partial charge is 0.0314 e. The van der Waals surface area contributed by atoms with E-state index in [0.29, 0.717) is 0 Å². The fraction of sp³-hybridized carbons (Fsp3) is 0.268. The van der Waals surface area contributed by atoms with E-state index in [1.807, 2.05) is 24.3 Å². The third kappa shape index (κ3) is 8.85. The van der Waals surface area contributed by atoms with E-state index in [1.165, 1.54) is 81.3 Å². The van der Waals surface area contributed by atoms with Crippen molar-refractivity contribution in [1.29, 1.82) is 0 Å². The van der Waals surface area contributed by atoms with Crippen molar-refractivity contribution < 1.29 is 0 Å². The third-order valence-electron chi connectivity index (χ3n) is 8.57. The molecule has 0 amide bonds. The van der Waals surface area contributed by atoms with Gasteiger partial charge in [0.25, 0.3) is 0 Å². The number of aryl methyl sites for hydroxylation is 2. The Morgan fingerprint density at radius 1 is 0.419 bits per heavy atom. The maximum absolute atomic E-state index is 5.90. The van der Waals surface area contributed by atoms with E-state index < -0.39 is 0 Å². The van der Waals surface area contributed by atoms with Crippen LogP contribution in [-0.2, 0) is 32.1 Å². The van der Waals surface area contributed by atoms with Gasteiger partial charge in [-0.2, -0.15) is 0 Å². The second kappa shape index (κ2) is 14.7. The molecule has 0 atom stereocenters. The van der Waals surface area contributed by atoms with Crippen LogP contribution in [-0.4, -0.2) is 0 Å². The van der Waals surface area contributed by atoms with Crippen LogP contribution in [0.3, 0.4) is 0 Å². The maximum atomic E-state index is 5.90. The molecule has 2 nitrogen and oxygen atoms in total. The van der Waals surface area contributed by atoms with Crippen molar-refractivity contribution in [3.05, 3.63) is 165 Å². The van der Waals surface area contributed by atoms with Gasteiger partial charge < -0.3 is 11.5 Å². The van der Waals surface area contributed by atoms with Gasteiger partial charge >= 0.3 is 0 Å². The Kier molecular flexibility index (Phi) is 10.3. The third-order valence-corrected chi connectivity index (χ3v) is 8.57. The molecule has 0 radical (unpaired) electrons. The number of anilines is 2. The van der Waals surface area contributed by atoms with Gasteiger partial charge in [0.2, 0.25) is 0 Å². The van der Waals surface area contributed by atoms with Crippen molar-refractivity contribution in [1.82, 2.24) is 0 Å². The van der Waals surface area contributed by atoms with Gasteiger partial charge in [-0.15, -0.1) is 0 Å². The van der Waals surface area contributed by atoms with Gasteiger partial charge in [0, 0.05) is 11.4 Å². The maximum Gasteiger partial charge on any atom is 0.0314 e. The molecule has 0 bridgehead atoms. The molecular formula is C41H46N2. The summed E-state index contributed by atoms with van der Waals surface area (Å²) in [6.45, 7) is 4.54. The molecule has 0 aliphatic rings. The molecule has 43 heavy (non-hydrogen) atoms. The van der Waals surface area contributed by atoms with E-state index >= 15 is 0 Å². The van der Waals surface area contributed by atoms with Crippen LogP contribution < -0.4 is 11.5 Å². The first kappa shape index (κ1) is 30.2. The molecule has 5 rings (SSSR count). The molecule has 0 spiro atoms. The minimum Gasteiger partial charge on any atom is -0.399 e. The van der Waals surface area contributed by atoms with E-state index in [9.17, 15) is 0 Å². The Morgan fingerprint density at radius 3 is 1.42 bits per heavy atom. The van der Waals surface area contributed by atoms with Gasteiger partial charge in [0.15, 0.2) is 0 Å². The highest BCUT2D eigenvalue weighted by Gasteiger charge is 2.09. The second-order valence-electron chi connectivity index (χ2n) is 12.2. The first-order valence-corrected chi connectivity index (χ1v) is 15.9. The van der Waals surface area contributed by atoms with Gasteiger partial charge in [0.1, 0.15) is 0 Å². The molecule has 5 aromatic carbocycles. The lowest BCUT2D eigenvalue weighted by Crippen LogP contribution is -2.01. The summed E-state index contributed by atoms with van der Waals surface area (Å²) in [4.78, 5) is 0. The Labute approximate surface area is 258 Å². The quantitative estimate of drug-likeness (QED) is 0.110. The number of hydrogen-bond donors (Lipinski definition) is 2. The number of hydrogen-bond acceptors (Lipinski definition) is 2. The largest absolute Gasteiger partial charge is 0.399 e. The summed E-state index contributed by atoms with van der Waals surface area (Å²) < 4.78 is 0. The zero-order valence-electron chi connectivity index (χ0n) is 25.9. The highest BCUT2D eigenvalue weighted by Crippen LogP contribution is 2.24. The van der Waals surface area contributed by atoms with Crippen molar-refractivity contribution in [2.45, 2.75) is 71.6 Å².